The van der Waals surface area contributed by atoms with Crippen molar-refractivity contribution < 1.29 is 17.9 Å². The molecule has 20 heavy (non-hydrogen) atoms. The summed E-state index contributed by atoms with van der Waals surface area (Å²) in [6, 6.07) is -0.144. The SMILES string of the molecule is COCCCN(C(=O)C1CNC1)C1CCS(=O)(=O)C1.Cl. The summed E-state index contributed by atoms with van der Waals surface area (Å²) >= 11 is 0. The Bertz CT molecular complexity index is 425. The first-order chi connectivity index (χ1) is 9.03. The lowest BCUT2D eigenvalue weighted by atomic mass is 10.0. The van der Waals surface area contributed by atoms with Gasteiger partial charge in [-0.1, -0.05) is 0 Å². The molecule has 0 bridgehead atoms. The molecule has 2 aliphatic heterocycles. The number of carbonyl (C=O) groups excluding carboxylic acids is 1. The number of nitrogens with one attached hydrogen (secondary N) is 1. The van der Waals surface area contributed by atoms with Crippen molar-refractivity contribution in [2.24, 2.45) is 5.92 Å². The van der Waals surface area contributed by atoms with Crippen LogP contribution in [0.15, 0.2) is 0 Å². The van der Waals surface area contributed by atoms with Gasteiger partial charge in [-0.3, -0.25) is 4.79 Å². The molecule has 2 rings (SSSR count). The summed E-state index contributed by atoms with van der Waals surface area (Å²) in [6.07, 6.45) is 1.32. The fourth-order valence-corrected chi connectivity index (χ4v) is 4.30. The van der Waals surface area contributed by atoms with Crippen molar-refractivity contribution in [2.75, 3.05) is 44.9 Å². The van der Waals surface area contributed by atoms with Crippen LogP contribution in [0.3, 0.4) is 0 Å². The van der Waals surface area contributed by atoms with E-state index >= 15 is 0 Å². The van der Waals surface area contributed by atoms with E-state index in [0.717, 1.165) is 6.42 Å². The maximum Gasteiger partial charge on any atom is 0.228 e. The predicted octanol–water partition coefficient (Wildman–Crippen LogP) is -0.320. The lowest BCUT2D eigenvalue weighted by Crippen LogP contribution is -2.54. The maximum absolute atomic E-state index is 12.4. The highest BCUT2D eigenvalue weighted by molar-refractivity contribution is 7.91. The van der Waals surface area contributed by atoms with Gasteiger partial charge in [0.1, 0.15) is 0 Å². The van der Waals surface area contributed by atoms with Gasteiger partial charge in [0, 0.05) is 39.4 Å². The van der Waals surface area contributed by atoms with Crippen LogP contribution < -0.4 is 5.32 Å². The number of hydrogen-bond donors (Lipinski definition) is 1. The summed E-state index contributed by atoms with van der Waals surface area (Å²) in [6.45, 7) is 2.59. The van der Waals surface area contributed by atoms with Crippen molar-refractivity contribution in [1.29, 1.82) is 0 Å². The minimum Gasteiger partial charge on any atom is -0.385 e. The minimum atomic E-state index is -2.96. The molecule has 0 saturated carbocycles. The second-order valence-corrected chi connectivity index (χ2v) is 7.52. The molecule has 0 radical (unpaired) electrons. The molecule has 0 spiro atoms. The Labute approximate surface area is 126 Å². The summed E-state index contributed by atoms with van der Waals surface area (Å²) in [5, 5.41) is 3.08. The zero-order chi connectivity index (χ0) is 13.9. The van der Waals surface area contributed by atoms with Crippen molar-refractivity contribution in [3.63, 3.8) is 0 Å². The van der Waals surface area contributed by atoms with Gasteiger partial charge >= 0.3 is 0 Å². The third-order valence-corrected chi connectivity index (χ3v) is 5.56. The summed E-state index contributed by atoms with van der Waals surface area (Å²) in [5.74, 6) is 0.434. The molecule has 0 aromatic heterocycles. The lowest BCUT2D eigenvalue weighted by molar-refractivity contribution is -0.139. The van der Waals surface area contributed by atoms with E-state index in [1.807, 2.05) is 0 Å². The second-order valence-electron chi connectivity index (χ2n) is 5.29. The quantitative estimate of drug-likeness (QED) is 0.677. The molecule has 0 aromatic rings. The Morgan fingerprint density at radius 2 is 2.10 bits per heavy atom. The Morgan fingerprint density at radius 1 is 1.40 bits per heavy atom. The van der Waals surface area contributed by atoms with Gasteiger partial charge < -0.3 is 15.0 Å². The van der Waals surface area contributed by atoms with Crippen LogP contribution in [0.5, 0.6) is 0 Å². The molecule has 6 nitrogen and oxygen atoms in total. The van der Waals surface area contributed by atoms with E-state index < -0.39 is 9.84 Å². The first kappa shape index (κ1) is 17.7. The molecular weight excluding hydrogens is 304 g/mol. The fraction of sp³-hybridized carbons (Fsp3) is 0.917. The molecule has 1 atom stereocenters. The first-order valence-corrected chi connectivity index (χ1v) is 8.56. The zero-order valence-corrected chi connectivity index (χ0v) is 13.3. The summed E-state index contributed by atoms with van der Waals surface area (Å²) in [7, 11) is -1.33. The second kappa shape index (κ2) is 7.59. The summed E-state index contributed by atoms with van der Waals surface area (Å²) in [4.78, 5) is 14.1. The van der Waals surface area contributed by atoms with E-state index in [2.05, 4.69) is 5.32 Å². The molecule has 2 aliphatic rings. The van der Waals surface area contributed by atoms with Gasteiger partial charge in [0.05, 0.1) is 17.4 Å². The van der Waals surface area contributed by atoms with Crippen LogP contribution in [0.2, 0.25) is 0 Å². The van der Waals surface area contributed by atoms with Crippen LogP contribution in [0.1, 0.15) is 12.8 Å². The Balaban J connectivity index is 0.00000200. The van der Waals surface area contributed by atoms with Crippen molar-refractivity contribution in [1.82, 2.24) is 10.2 Å². The van der Waals surface area contributed by atoms with Gasteiger partial charge in [-0.05, 0) is 12.8 Å². The number of halogens is 1. The van der Waals surface area contributed by atoms with Crippen molar-refractivity contribution in [2.45, 2.75) is 18.9 Å². The highest BCUT2D eigenvalue weighted by atomic mass is 35.5. The van der Waals surface area contributed by atoms with Gasteiger partial charge in [-0.15, -0.1) is 12.4 Å². The lowest BCUT2D eigenvalue weighted by Gasteiger charge is -2.35. The van der Waals surface area contributed by atoms with Crippen LogP contribution in [0, 0.1) is 5.92 Å². The van der Waals surface area contributed by atoms with E-state index in [-0.39, 0.29) is 41.8 Å². The van der Waals surface area contributed by atoms with Crippen LogP contribution >= 0.6 is 12.4 Å². The number of sulfone groups is 1. The predicted molar refractivity (Wildman–Crippen MR) is 78.9 cm³/mol. The van der Waals surface area contributed by atoms with E-state index in [1.165, 1.54) is 0 Å². The molecule has 8 heteroatoms. The minimum absolute atomic E-state index is 0. The Kier molecular flexibility index (Phi) is 6.71. The van der Waals surface area contributed by atoms with Crippen LogP contribution in [0.4, 0.5) is 0 Å². The number of carbonyl (C=O) groups is 1. The Hall–Kier alpha value is -0.370. The zero-order valence-electron chi connectivity index (χ0n) is 11.7. The van der Waals surface area contributed by atoms with Gasteiger partial charge in [0.25, 0.3) is 0 Å². The number of rotatable bonds is 6. The van der Waals surface area contributed by atoms with Crippen molar-refractivity contribution in [3.8, 4) is 0 Å². The smallest absolute Gasteiger partial charge is 0.228 e. The molecule has 1 amide bonds. The summed E-state index contributed by atoms with van der Waals surface area (Å²) in [5.41, 5.74) is 0. The highest BCUT2D eigenvalue weighted by Gasteiger charge is 2.38. The average molecular weight is 327 g/mol. The van der Waals surface area contributed by atoms with Crippen molar-refractivity contribution in [3.05, 3.63) is 0 Å². The van der Waals surface area contributed by atoms with E-state index in [0.29, 0.717) is 32.7 Å². The van der Waals surface area contributed by atoms with Crippen LogP contribution in [-0.4, -0.2) is 70.1 Å². The number of methoxy groups -OCH3 is 1. The Morgan fingerprint density at radius 3 is 2.55 bits per heavy atom. The van der Waals surface area contributed by atoms with E-state index in [4.69, 9.17) is 4.74 Å². The monoisotopic (exact) mass is 326 g/mol. The molecule has 2 fully saturated rings. The fourth-order valence-electron chi connectivity index (χ4n) is 2.57. The molecule has 1 unspecified atom stereocenters. The molecule has 2 heterocycles. The van der Waals surface area contributed by atoms with Crippen molar-refractivity contribution >= 4 is 28.2 Å². The molecular formula is C12H23ClN2O4S. The number of hydrogen-bond acceptors (Lipinski definition) is 5. The van der Waals surface area contributed by atoms with Gasteiger partial charge in [-0.2, -0.15) is 0 Å². The topological polar surface area (TPSA) is 75.7 Å². The van der Waals surface area contributed by atoms with Crippen LogP contribution in [-0.2, 0) is 19.4 Å². The standard InChI is InChI=1S/C12H22N2O4S.ClH/c1-18-5-2-4-14(12(15)10-7-13-8-10)11-3-6-19(16,17)9-11;/h10-11,13H,2-9H2,1H3;1H. The van der Waals surface area contributed by atoms with Gasteiger partial charge in [0.15, 0.2) is 9.84 Å². The van der Waals surface area contributed by atoms with Crippen LogP contribution in [0.25, 0.3) is 0 Å². The van der Waals surface area contributed by atoms with E-state index in [9.17, 15) is 13.2 Å². The highest BCUT2D eigenvalue weighted by Crippen LogP contribution is 2.21. The van der Waals surface area contributed by atoms with E-state index in [1.54, 1.807) is 12.0 Å². The normalized spacial score (nSPS) is 24.8. The molecule has 118 valence electrons. The average Bonchev–Trinajstić information content (AvgIpc) is 2.62. The number of nitrogens with zero attached hydrogens (tertiary/aromatic N) is 1. The molecule has 0 aromatic carbocycles. The molecule has 1 N–H and O–H groups in total. The molecule has 0 aliphatic carbocycles. The molecule has 2 saturated heterocycles. The third kappa shape index (κ3) is 4.31. The maximum atomic E-state index is 12.4. The number of ether oxygens (including phenoxy) is 1. The first-order valence-electron chi connectivity index (χ1n) is 6.74. The number of amides is 1. The van der Waals surface area contributed by atoms with Gasteiger partial charge in [0.2, 0.25) is 5.91 Å². The largest absolute Gasteiger partial charge is 0.385 e. The summed E-state index contributed by atoms with van der Waals surface area (Å²) < 4.78 is 28.2. The third-order valence-electron chi connectivity index (χ3n) is 3.81. The van der Waals surface area contributed by atoms with Gasteiger partial charge in [-0.25, -0.2) is 8.42 Å².